The zero-order valence-corrected chi connectivity index (χ0v) is 20.0. The number of urea groups is 1. The van der Waals surface area contributed by atoms with E-state index in [9.17, 15) is 9.00 Å². The van der Waals surface area contributed by atoms with Crippen molar-refractivity contribution in [3.63, 3.8) is 0 Å². The van der Waals surface area contributed by atoms with Gasteiger partial charge in [-0.3, -0.25) is 4.90 Å². The number of amides is 2. The molecule has 1 unspecified atom stereocenters. The van der Waals surface area contributed by atoms with Crippen LogP contribution in [-0.4, -0.2) is 23.0 Å². The molecule has 1 atom stereocenters. The van der Waals surface area contributed by atoms with Crippen molar-refractivity contribution >= 4 is 40.5 Å². The van der Waals surface area contributed by atoms with Crippen LogP contribution in [0.4, 0.5) is 16.2 Å². The molecule has 2 fully saturated rings. The summed E-state index contributed by atoms with van der Waals surface area (Å²) < 4.78 is 14.2. The van der Waals surface area contributed by atoms with E-state index in [2.05, 4.69) is 61.2 Å². The van der Waals surface area contributed by atoms with E-state index in [0.29, 0.717) is 6.54 Å². The van der Waals surface area contributed by atoms with Gasteiger partial charge in [-0.15, -0.1) is 0 Å². The smallest absolute Gasteiger partial charge is 0.311 e. The number of anilines is 2. The lowest BCUT2D eigenvalue weighted by Gasteiger charge is -2.31. The molecule has 2 aliphatic rings. The van der Waals surface area contributed by atoms with Gasteiger partial charge < -0.3 is 10.0 Å². The van der Waals surface area contributed by atoms with Crippen LogP contribution in [0.15, 0.2) is 53.7 Å². The fourth-order valence-corrected chi connectivity index (χ4v) is 4.27. The molecule has 2 aromatic carbocycles. The Balaban J connectivity index is 1.59. The molecule has 2 N–H and O–H groups in total. The second-order valence-electron chi connectivity index (χ2n) is 9.49. The summed E-state index contributed by atoms with van der Waals surface area (Å²) in [4.78, 5) is 14.7. The predicted molar refractivity (Wildman–Crippen MR) is 135 cm³/mol. The Morgan fingerprint density at radius 3 is 2.28 bits per heavy atom. The first-order valence-corrected chi connectivity index (χ1v) is 12.6. The molecule has 32 heavy (non-hydrogen) atoms. The molecule has 0 radical (unpaired) electrons. The Hall–Kier alpha value is -2.86. The van der Waals surface area contributed by atoms with Gasteiger partial charge in [0.1, 0.15) is 11.0 Å². The average Bonchev–Trinajstić information content (AvgIpc) is 3.57. The van der Waals surface area contributed by atoms with E-state index in [1.54, 1.807) is 6.26 Å². The maximum Gasteiger partial charge on any atom is 0.326 e. The quantitative estimate of drug-likeness (QED) is 0.565. The van der Waals surface area contributed by atoms with Gasteiger partial charge >= 0.3 is 6.03 Å². The van der Waals surface area contributed by atoms with Crippen molar-refractivity contribution < 1.29 is 9.00 Å². The molecule has 1 aliphatic carbocycles. The van der Waals surface area contributed by atoms with Crippen LogP contribution in [0.5, 0.6) is 0 Å². The van der Waals surface area contributed by atoms with Crippen molar-refractivity contribution in [1.82, 2.24) is 5.32 Å². The zero-order chi connectivity index (χ0) is 22.9. The number of hydrogen-bond donors (Lipinski definition) is 2. The van der Waals surface area contributed by atoms with E-state index >= 15 is 0 Å². The number of nitrogens with one attached hydrogen (secondary N) is 2. The topological polar surface area (TPSA) is 61.4 Å². The summed E-state index contributed by atoms with van der Waals surface area (Å²) in [6.45, 7) is 7.27. The van der Waals surface area contributed by atoms with Gasteiger partial charge in [0.25, 0.3) is 0 Å². The largest absolute Gasteiger partial charge is 0.326 e. The molecule has 2 amide bonds. The molecule has 5 nitrogen and oxygen atoms in total. The van der Waals surface area contributed by atoms with E-state index in [1.165, 1.54) is 11.1 Å². The first-order valence-electron chi connectivity index (χ1n) is 11.0. The standard InChI is InChI=1S/C26H31N3O2S/c1-26(2,3)21-15-19(6-5-18-7-11-22(12-8-18)28-32(4)31)16-23(17-21)29-14-13-24(20-9-10-20)27-25(29)30/h5-8,11-12,15-17,28H,9-10,13-14H2,1-4H3,(H,27,30)/b6-5+. The summed E-state index contributed by atoms with van der Waals surface area (Å²) >= 11 is 0. The lowest BCUT2D eigenvalue weighted by Crippen LogP contribution is -2.45. The van der Waals surface area contributed by atoms with E-state index in [1.807, 2.05) is 29.2 Å². The van der Waals surface area contributed by atoms with Crippen molar-refractivity contribution in [2.75, 3.05) is 22.4 Å². The predicted octanol–water partition coefficient (Wildman–Crippen LogP) is 5.83. The number of allylic oxidation sites excluding steroid dienone is 1. The van der Waals surface area contributed by atoms with Crippen molar-refractivity contribution in [3.05, 3.63) is 70.4 Å². The van der Waals surface area contributed by atoms with Gasteiger partial charge in [0, 0.05) is 36.3 Å². The lowest BCUT2D eigenvalue weighted by atomic mass is 9.85. The van der Waals surface area contributed by atoms with Gasteiger partial charge in [0.2, 0.25) is 0 Å². The fraction of sp³-hybridized carbons (Fsp3) is 0.346. The van der Waals surface area contributed by atoms with Gasteiger partial charge in [-0.25, -0.2) is 9.00 Å². The zero-order valence-electron chi connectivity index (χ0n) is 19.2. The molecule has 168 valence electrons. The van der Waals surface area contributed by atoms with E-state index in [4.69, 9.17) is 0 Å². The molecular weight excluding hydrogens is 418 g/mol. The summed E-state index contributed by atoms with van der Waals surface area (Å²) in [7, 11) is -1.09. The lowest BCUT2D eigenvalue weighted by molar-refractivity contribution is 0.246. The minimum Gasteiger partial charge on any atom is -0.311 e. The third-order valence-corrected chi connectivity index (χ3v) is 6.30. The second kappa shape index (κ2) is 8.94. The molecule has 1 heterocycles. The maximum absolute atomic E-state index is 12.8. The highest BCUT2D eigenvalue weighted by atomic mass is 32.2. The highest BCUT2D eigenvalue weighted by Gasteiger charge is 2.28. The van der Waals surface area contributed by atoms with Crippen LogP contribution in [0.1, 0.15) is 56.7 Å². The Kier molecular flexibility index (Phi) is 6.24. The van der Waals surface area contributed by atoms with Crippen molar-refractivity contribution in [2.45, 2.75) is 45.4 Å². The molecular formula is C26H31N3O2S. The number of carbonyl (C=O) groups is 1. The Bertz CT molecular complexity index is 1100. The number of carbonyl (C=O) groups excluding carboxylic acids is 1. The first-order chi connectivity index (χ1) is 15.2. The van der Waals surface area contributed by atoms with Crippen LogP contribution in [0.3, 0.4) is 0 Å². The molecule has 0 spiro atoms. The second-order valence-corrected chi connectivity index (χ2v) is 10.6. The monoisotopic (exact) mass is 449 g/mol. The molecule has 1 saturated carbocycles. The number of hydrogen-bond acceptors (Lipinski definition) is 2. The van der Waals surface area contributed by atoms with Gasteiger partial charge in [-0.05, 0) is 59.2 Å². The van der Waals surface area contributed by atoms with Crippen LogP contribution in [0, 0.1) is 0 Å². The summed E-state index contributed by atoms with van der Waals surface area (Å²) in [5.74, 6) is 0. The fourth-order valence-electron chi connectivity index (χ4n) is 3.80. The molecule has 4 rings (SSSR count). The van der Waals surface area contributed by atoms with Gasteiger partial charge in [-0.2, -0.15) is 0 Å². The third-order valence-electron chi connectivity index (χ3n) is 5.77. The van der Waals surface area contributed by atoms with Crippen LogP contribution in [-0.2, 0) is 16.4 Å². The average molecular weight is 450 g/mol. The number of rotatable bonds is 5. The highest BCUT2D eigenvalue weighted by molar-refractivity contribution is 7.85. The van der Waals surface area contributed by atoms with Crippen molar-refractivity contribution in [2.24, 2.45) is 0 Å². The van der Waals surface area contributed by atoms with E-state index in [0.717, 1.165) is 47.5 Å². The summed E-state index contributed by atoms with van der Waals surface area (Å²) in [6, 6.07) is 14.2. The summed E-state index contributed by atoms with van der Waals surface area (Å²) in [6.07, 6.45) is 8.88. The van der Waals surface area contributed by atoms with Crippen LogP contribution in [0.2, 0.25) is 0 Å². The Morgan fingerprint density at radius 1 is 1.00 bits per heavy atom. The highest BCUT2D eigenvalue weighted by Crippen LogP contribution is 2.35. The summed E-state index contributed by atoms with van der Waals surface area (Å²) in [5, 5.41) is 3.10. The van der Waals surface area contributed by atoms with Gasteiger partial charge in [-0.1, -0.05) is 56.7 Å². The first kappa shape index (κ1) is 22.3. The molecule has 0 bridgehead atoms. The van der Waals surface area contributed by atoms with Gasteiger partial charge in [0.15, 0.2) is 0 Å². The minimum atomic E-state index is -1.09. The number of nitrogens with zero attached hydrogens (tertiary/aromatic N) is 1. The summed E-state index contributed by atoms with van der Waals surface area (Å²) in [5.41, 5.74) is 7.56. The minimum absolute atomic E-state index is 0.0326. The van der Waals surface area contributed by atoms with Crippen LogP contribution >= 0.6 is 0 Å². The molecule has 1 saturated heterocycles. The molecule has 2 aromatic rings. The van der Waals surface area contributed by atoms with Gasteiger partial charge in [0.05, 0.1) is 0 Å². The Morgan fingerprint density at radius 2 is 1.69 bits per heavy atom. The number of benzene rings is 2. The maximum atomic E-state index is 12.8. The third kappa shape index (κ3) is 5.49. The van der Waals surface area contributed by atoms with Crippen molar-refractivity contribution in [3.8, 4) is 0 Å². The van der Waals surface area contributed by atoms with Crippen LogP contribution < -0.4 is 14.9 Å². The molecule has 1 aliphatic heterocycles. The Labute approximate surface area is 193 Å². The SMILES string of the molecule is CS(=O)Nc1ccc(/C=C/c2cc(N3CCC(=C4CC4)NC3=O)cc(C(C)(C)C)c2)cc1. The van der Waals surface area contributed by atoms with E-state index < -0.39 is 11.0 Å². The van der Waals surface area contributed by atoms with E-state index in [-0.39, 0.29) is 11.4 Å². The molecule has 0 aromatic heterocycles. The molecule has 6 heteroatoms. The normalized spacial score (nSPS) is 17.5. The van der Waals surface area contributed by atoms with Crippen LogP contribution in [0.25, 0.3) is 12.2 Å². The van der Waals surface area contributed by atoms with Crippen molar-refractivity contribution in [1.29, 1.82) is 0 Å².